The van der Waals surface area contributed by atoms with Gasteiger partial charge < -0.3 is 9.80 Å². The Morgan fingerprint density at radius 2 is 1.77 bits per heavy atom. The molecule has 1 aromatic carbocycles. The molecule has 132 valence electrons. The van der Waals surface area contributed by atoms with Crippen LogP contribution < -0.4 is 9.80 Å². The highest BCUT2D eigenvalue weighted by atomic mass is 32.2. The number of carbonyl (C=O) groups excluding carboxylic acids is 1. The van der Waals surface area contributed by atoms with Crippen LogP contribution in [0.25, 0.3) is 0 Å². The largest absolute Gasteiger partial charge is 0.328 e. The highest BCUT2D eigenvalue weighted by Crippen LogP contribution is 2.40. The van der Waals surface area contributed by atoms with Crippen LogP contribution in [0, 0.1) is 25.2 Å². The zero-order valence-corrected chi connectivity index (χ0v) is 16.0. The molecular formula is C19H19N5OS. The van der Waals surface area contributed by atoms with Crippen LogP contribution >= 0.6 is 11.8 Å². The summed E-state index contributed by atoms with van der Waals surface area (Å²) < 4.78 is 0. The van der Waals surface area contributed by atoms with Gasteiger partial charge in [-0.2, -0.15) is 5.26 Å². The van der Waals surface area contributed by atoms with Gasteiger partial charge in [-0.1, -0.05) is 23.9 Å². The number of hydrogen-bond donors (Lipinski definition) is 0. The molecule has 0 N–H and O–H groups in total. The summed E-state index contributed by atoms with van der Waals surface area (Å²) in [7, 11) is 3.74. The predicted octanol–water partition coefficient (Wildman–Crippen LogP) is 3.08. The molecule has 0 aliphatic carbocycles. The van der Waals surface area contributed by atoms with Crippen molar-refractivity contribution in [3.63, 3.8) is 0 Å². The lowest BCUT2D eigenvalue weighted by molar-refractivity contribution is -0.112. The third kappa shape index (κ3) is 3.28. The Balaban J connectivity index is 1.86. The van der Waals surface area contributed by atoms with Crippen molar-refractivity contribution in [1.29, 1.82) is 5.26 Å². The van der Waals surface area contributed by atoms with Crippen LogP contribution in [0.2, 0.25) is 0 Å². The van der Waals surface area contributed by atoms with E-state index in [2.05, 4.69) is 16.0 Å². The van der Waals surface area contributed by atoms with Gasteiger partial charge in [-0.15, -0.1) is 0 Å². The summed E-state index contributed by atoms with van der Waals surface area (Å²) >= 11 is 1.32. The minimum Gasteiger partial charge on any atom is -0.328 e. The summed E-state index contributed by atoms with van der Waals surface area (Å²) in [5, 5.41) is 10.4. The Kier molecular flexibility index (Phi) is 4.96. The Morgan fingerprint density at radius 1 is 1.15 bits per heavy atom. The molecule has 26 heavy (non-hydrogen) atoms. The van der Waals surface area contributed by atoms with Crippen LogP contribution in [0.15, 0.2) is 46.8 Å². The second kappa shape index (κ2) is 7.18. The highest BCUT2D eigenvalue weighted by molar-refractivity contribution is 7.99. The lowest BCUT2D eigenvalue weighted by Crippen LogP contribution is -2.26. The van der Waals surface area contributed by atoms with Crippen molar-refractivity contribution in [2.24, 2.45) is 0 Å². The molecule has 0 atom stereocenters. The van der Waals surface area contributed by atoms with E-state index in [1.165, 1.54) is 11.8 Å². The molecule has 0 bridgehead atoms. The summed E-state index contributed by atoms with van der Waals surface area (Å²) in [5.74, 6) is 1.21. The van der Waals surface area contributed by atoms with E-state index in [9.17, 15) is 10.1 Å². The number of hydrogen-bond acceptors (Lipinski definition) is 7. The normalized spacial score (nSPS) is 12.8. The van der Waals surface area contributed by atoms with E-state index >= 15 is 0 Å². The van der Waals surface area contributed by atoms with Gasteiger partial charge in [0.15, 0.2) is 5.78 Å². The molecule has 0 fully saturated rings. The van der Waals surface area contributed by atoms with Crippen molar-refractivity contribution in [3.8, 4) is 6.07 Å². The fourth-order valence-electron chi connectivity index (χ4n) is 3.03. The molecule has 0 radical (unpaired) electrons. The molecule has 0 unspecified atom stereocenters. The van der Waals surface area contributed by atoms with Gasteiger partial charge >= 0.3 is 0 Å². The summed E-state index contributed by atoms with van der Waals surface area (Å²) in [6.45, 7) is 3.71. The number of nitrogens with zero attached hydrogens (tertiary/aromatic N) is 5. The number of nitriles is 1. The monoisotopic (exact) mass is 365 g/mol. The Morgan fingerprint density at radius 3 is 2.31 bits per heavy atom. The first-order valence-electron chi connectivity index (χ1n) is 8.11. The summed E-state index contributed by atoms with van der Waals surface area (Å²) in [4.78, 5) is 25.1. The minimum absolute atomic E-state index is 0.153. The van der Waals surface area contributed by atoms with E-state index in [0.717, 1.165) is 22.1 Å². The fraction of sp³-hybridized carbons (Fsp3) is 0.263. The number of aromatic nitrogens is 2. The number of rotatable bonds is 4. The van der Waals surface area contributed by atoms with Crippen LogP contribution in [-0.2, 0) is 4.79 Å². The van der Waals surface area contributed by atoms with Crippen LogP contribution in [-0.4, -0.2) is 35.6 Å². The fourth-order valence-corrected chi connectivity index (χ4v) is 3.90. The number of allylic oxidation sites excluding steroid dienone is 1. The maximum Gasteiger partial charge on any atom is 0.187 e. The van der Waals surface area contributed by atoms with Gasteiger partial charge in [0.1, 0.15) is 28.3 Å². The van der Waals surface area contributed by atoms with Gasteiger partial charge in [0.25, 0.3) is 0 Å². The first-order chi connectivity index (χ1) is 12.4. The molecule has 1 aliphatic rings. The summed E-state index contributed by atoms with van der Waals surface area (Å²) in [6, 6.07) is 11.8. The van der Waals surface area contributed by atoms with Gasteiger partial charge in [-0.25, -0.2) is 9.97 Å². The summed E-state index contributed by atoms with van der Waals surface area (Å²) in [5.41, 5.74) is 2.96. The molecular weight excluding hydrogens is 346 g/mol. The van der Waals surface area contributed by atoms with E-state index in [-0.39, 0.29) is 17.1 Å². The maximum absolute atomic E-state index is 12.7. The van der Waals surface area contributed by atoms with Crippen LogP contribution in [0.3, 0.4) is 0 Å². The smallest absolute Gasteiger partial charge is 0.187 e. The van der Waals surface area contributed by atoms with Crippen LogP contribution in [0.1, 0.15) is 11.5 Å². The molecule has 0 saturated heterocycles. The lowest BCUT2D eigenvalue weighted by Gasteiger charge is -2.19. The highest BCUT2D eigenvalue weighted by Gasteiger charge is 2.31. The molecule has 3 rings (SSSR count). The van der Waals surface area contributed by atoms with Gasteiger partial charge in [0, 0.05) is 19.8 Å². The van der Waals surface area contributed by atoms with E-state index in [0.29, 0.717) is 11.6 Å². The SMILES string of the molecule is Cc1cc(SCC(=O)C(C#N)=C2N(C)c3ccccc3N2C)nc(C)n1. The molecule has 7 heteroatoms. The van der Waals surface area contributed by atoms with Crippen molar-refractivity contribution in [1.82, 2.24) is 9.97 Å². The van der Waals surface area contributed by atoms with Crippen molar-refractivity contribution in [3.05, 3.63) is 53.2 Å². The third-order valence-corrected chi connectivity index (χ3v) is 5.06. The van der Waals surface area contributed by atoms with Crippen LogP contribution in [0.5, 0.6) is 0 Å². The number of thioether (sulfide) groups is 1. The van der Waals surface area contributed by atoms with E-state index in [1.807, 2.05) is 68.1 Å². The van der Waals surface area contributed by atoms with Crippen molar-refractivity contribution >= 4 is 28.9 Å². The molecule has 2 heterocycles. The number of benzene rings is 1. The summed E-state index contributed by atoms with van der Waals surface area (Å²) in [6.07, 6.45) is 0. The van der Waals surface area contributed by atoms with Crippen molar-refractivity contribution in [2.75, 3.05) is 29.6 Å². The van der Waals surface area contributed by atoms with Gasteiger partial charge in [-0.3, -0.25) is 4.79 Å². The number of fused-ring (bicyclic) bond motifs is 1. The van der Waals surface area contributed by atoms with Crippen LogP contribution in [0.4, 0.5) is 11.4 Å². The van der Waals surface area contributed by atoms with E-state index in [4.69, 9.17) is 0 Å². The number of carbonyl (C=O) groups is 1. The number of para-hydroxylation sites is 2. The van der Waals surface area contributed by atoms with Crippen molar-refractivity contribution in [2.45, 2.75) is 18.9 Å². The maximum atomic E-state index is 12.7. The Bertz CT molecular complexity index is 896. The average molecular weight is 365 g/mol. The van der Waals surface area contributed by atoms with Gasteiger partial charge in [0.2, 0.25) is 0 Å². The standard InChI is InChI=1S/C19H19N5OS/c1-12-9-18(22-13(2)21-12)26-11-17(25)14(10-20)19-23(3)15-7-5-6-8-16(15)24(19)4/h5-9H,11H2,1-4H3. The second-order valence-electron chi connectivity index (χ2n) is 6.02. The predicted molar refractivity (Wildman–Crippen MR) is 103 cm³/mol. The van der Waals surface area contributed by atoms with E-state index < -0.39 is 0 Å². The second-order valence-corrected chi connectivity index (χ2v) is 7.02. The van der Waals surface area contributed by atoms with E-state index in [1.54, 1.807) is 0 Å². The zero-order chi connectivity index (χ0) is 18.8. The number of Topliss-reactive ketones (excluding diaryl/α,β-unsaturated/α-hetero) is 1. The lowest BCUT2D eigenvalue weighted by atomic mass is 10.2. The number of aryl methyl sites for hydroxylation is 2. The molecule has 1 aliphatic heterocycles. The first kappa shape index (κ1) is 18.0. The Hall–Kier alpha value is -2.85. The quantitative estimate of drug-likeness (QED) is 0.357. The van der Waals surface area contributed by atoms with Crippen molar-refractivity contribution < 1.29 is 4.79 Å². The molecule has 6 nitrogen and oxygen atoms in total. The van der Waals surface area contributed by atoms with Gasteiger partial charge in [-0.05, 0) is 32.0 Å². The molecule has 0 amide bonds. The topological polar surface area (TPSA) is 73.1 Å². The van der Waals surface area contributed by atoms with Gasteiger partial charge in [0.05, 0.1) is 17.1 Å². The Labute approximate surface area is 157 Å². The number of ketones is 1. The average Bonchev–Trinajstić information content (AvgIpc) is 2.85. The third-order valence-electron chi connectivity index (χ3n) is 4.15. The first-order valence-corrected chi connectivity index (χ1v) is 9.10. The molecule has 0 spiro atoms. The molecule has 1 aromatic heterocycles. The molecule has 2 aromatic rings. The molecule has 0 saturated carbocycles. The minimum atomic E-state index is -0.215. The zero-order valence-electron chi connectivity index (χ0n) is 15.1. The number of anilines is 2.